The first-order valence-electron chi connectivity index (χ1n) is 7.00. The number of aliphatic carboxylic acids is 2. The topological polar surface area (TPSA) is 168 Å². The Kier molecular flexibility index (Phi) is 23.4. The Labute approximate surface area is 140 Å². The van der Waals surface area contributed by atoms with Gasteiger partial charge in [-0.1, -0.05) is 0 Å². The van der Waals surface area contributed by atoms with Crippen LogP contribution in [0, 0.1) is 0 Å². The number of carbonyl (C=O) groups is 4. The number of carboxylic acids is 2. The Morgan fingerprint density at radius 3 is 1.54 bits per heavy atom. The van der Waals surface area contributed by atoms with Crippen molar-refractivity contribution < 1.29 is 49.1 Å². The number of Topliss-reactive ketones (excluding diaryl/α,β-unsaturated/α-hetero) is 1. The molecule has 0 saturated carbocycles. The number of ether oxygens (including phenoxy) is 2. The van der Waals surface area contributed by atoms with Gasteiger partial charge < -0.3 is 34.7 Å². The molecule has 0 aromatic rings. The van der Waals surface area contributed by atoms with Crippen molar-refractivity contribution in [2.45, 2.75) is 32.6 Å². The lowest BCUT2D eigenvalue weighted by molar-refractivity contribution is -0.146. The molecule has 0 aliphatic heterocycles. The molecule has 0 amide bonds. The van der Waals surface area contributed by atoms with Gasteiger partial charge in [-0.05, 0) is 6.92 Å². The molecule has 0 spiro atoms. The van der Waals surface area contributed by atoms with Gasteiger partial charge in [0.1, 0.15) is 12.4 Å². The predicted molar refractivity (Wildman–Crippen MR) is 81.4 cm³/mol. The maximum atomic E-state index is 10.8. The van der Waals surface area contributed by atoms with E-state index in [1.165, 1.54) is 14.0 Å². The molecule has 10 nitrogen and oxygen atoms in total. The number of aliphatic hydroxyl groups excluding tert-OH is 2. The van der Waals surface area contributed by atoms with Crippen molar-refractivity contribution in [1.29, 1.82) is 0 Å². The van der Waals surface area contributed by atoms with Crippen molar-refractivity contribution in [2.75, 3.05) is 33.5 Å². The molecule has 0 radical (unpaired) electrons. The maximum Gasteiger partial charge on any atom is 0.306 e. The zero-order chi connectivity index (χ0) is 19.4. The number of esters is 1. The van der Waals surface area contributed by atoms with E-state index < -0.39 is 11.9 Å². The van der Waals surface area contributed by atoms with Gasteiger partial charge in [0.15, 0.2) is 0 Å². The number of methoxy groups -OCH3 is 1. The second-order valence-corrected chi connectivity index (χ2v) is 4.15. The van der Waals surface area contributed by atoms with Crippen LogP contribution in [0.15, 0.2) is 0 Å². The molecule has 0 bridgehead atoms. The molecule has 0 saturated heterocycles. The average molecular weight is 354 g/mol. The molecule has 4 N–H and O–H groups in total. The predicted octanol–water partition coefficient (Wildman–Crippen LogP) is -0.548. The van der Waals surface area contributed by atoms with Gasteiger partial charge in [-0.25, -0.2) is 0 Å². The first-order valence-corrected chi connectivity index (χ1v) is 7.00. The van der Waals surface area contributed by atoms with Gasteiger partial charge in [0.05, 0.1) is 39.1 Å². The van der Waals surface area contributed by atoms with E-state index in [0.29, 0.717) is 6.61 Å². The molecule has 0 aromatic carbocycles. The molecule has 0 aliphatic carbocycles. The van der Waals surface area contributed by atoms with Crippen LogP contribution in [0.1, 0.15) is 32.6 Å². The second-order valence-electron chi connectivity index (χ2n) is 4.15. The number of carboxylic acid groups (broad SMARTS) is 2. The SMILES string of the molecule is COCCOC(=O)CCC(C)=O.O=C(O)CCC(=O)O.OCCO. The molecule has 0 fully saturated rings. The van der Waals surface area contributed by atoms with Crippen molar-refractivity contribution in [1.82, 2.24) is 0 Å². The summed E-state index contributed by atoms with van der Waals surface area (Å²) in [7, 11) is 1.53. The standard InChI is InChI=1S/C8H14O4.C4H6O4.C2H6O2/c1-7(9)3-4-8(10)12-6-5-11-2;5-3(6)1-2-4(7)8;3-1-2-4/h3-6H2,1-2H3;1-2H2,(H,5,6)(H,7,8);3-4H,1-2H2. The Balaban J connectivity index is -0.000000316. The molecule has 10 heteroatoms. The molecular formula is C14H26O10. The van der Waals surface area contributed by atoms with Crippen LogP contribution in [-0.2, 0) is 28.7 Å². The van der Waals surface area contributed by atoms with Crippen LogP contribution in [-0.4, -0.2) is 77.7 Å². The highest BCUT2D eigenvalue weighted by atomic mass is 16.6. The van der Waals surface area contributed by atoms with Crippen LogP contribution in [0.5, 0.6) is 0 Å². The highest BCUT2D eigenvalue weighted by Crippen LogP contribution is 1.93. The van der Waals surface area contributed by atoms with Crippen LogP contribution in [0.4, 0.5) is 0 Å². The van der Waals surface area contributed by atoms with Crippen molar-refractivity contribution in [3.05, 3.63) is 0 Å². The lowest BCUT2D eigenvalue weighted by Gasteiger charge is -2.01. The molecule has 0 unspecified atom stereocenters. The minimum atomic E-state index is -1.08. The van der Waals surface area contributed by atoms with E-state index in [4.69, 9.17) is 25.2 Å². The van der Waals surface area contributed by atoms with Gasteiger partial charge in [0.2, 0.25) is 0 Å². The fourth-order valence-electron chi connectivity index (χ4n) is 0.803. The molecule has 0 aliphatic rings. The monoisotopic (exact) mass is 354 g/mol. The number of rotatable bonds is 10. The van der Waals surface area contributed by atoms with Crippen molar-refractivity contribution in [2.24, 2.45) is 0 Å². The second kappa shape index (κ2) is 21.0. The molecule has 24 heavy (non-hydrogen) atoms. The zero-order valence-electron chi connectivity index (χ0n) is 13.9. The molecular weight excluding hydrogens is 328 g/mol. The number of aliphatic hydroxyl groups is 2. The van der Waals surface area contributed by atoms with Gasteiger partial charge in [-0.3, -0.25) is 14.4 Å². The van der Waals surface area contributed by atoms with Gasteiger partial charge in [0.25, 0.3) is 0 Å². The maximum absolute atomic E-state index is 10.8. The van der Waals surface area contributed by atoms with Gasteiger partial charge in [-0.15, -0.1) is 0 Å². The minimum absolute atomic E-state index is 0.00121. The first-order chi connectivity index (χ1) is 11.2. The number of carbonyl (C=O) groups excluding carboxylic acids is 2. The van der Waals surface area contributed by atoms with E-state index in [0.717, 1.165) is 0 Å². The van der Waals surface area contributed by atoms with E-state index in [1.807, 2.05) is 0 Å². The third kappa shape index (κ3) is 36.8. The Bertz CT molecular complexity index is 337. The third-order valence-electron chi connectivity index (χ3n) is 1.88. The summed E-state index contributed by atoms with van der Waals surface area (Å²) in [6, 6.07) is 0. The van der Waals surface area contributed by atoms with Crippen molar-refractivity contribution in [3.8, 4) is 0 Å². The van der Waals surface area contributed by atoms with Crippen LogP contribution in [0.3, 0.4) is 0 Å². The van der Waals surface area contributed by atoms with E-state index in [9.17, 15) is 19.2 Å². The van der Waals surface area contributed by atoms with Crippen LogP contribution in [0.2, 0.25) is 0 Å². The molecule has 0 heterocycles. The van der Waals surface area contributed by atoms with E-state index in [-0.39, 0.29) is 57.3 Å². The van der Waals surface area contributed by atoms with Gasteiger partial charge in [-0.2, -0.15) is 0 Å². The van der Waals surface area contributed by atoms with Crippen LogP contribution in [0.25, 0.3) is 0 Å². The molecule has 0 atom stereocenters. The van der Waals surface area contributed by atoms with Crippen molar-refractivity contribution >= 4 is 23.7 Å². The fraction of sp³-hybridized carbons (Fsp3) is 0.714. The lowest BCUT2D eigenvalue weighted by Crippen LogP contribution is -2.10. The average Bonchev–Trinajstić information content (AvgIpc) is 2.52. The van der Waals surface area contributed by atoms with Crippen LogP contribution < -0.4 is 0 Å². The van der Waals surface area contributed by atoms with Gasteiger partial charge >= 0.3 is 17.9 Å². The third-order valence-corrected chi connectivity index (χ3v) is 1.88. The van der Waals surface area contributed by atoms with E-state index >= 15 is 0 Å². The number of hydrogen-bond donors (Lipinski definition) is 4. The summed E-state index contributed by atoms with van der Waals surface area (Å²) in [6.45, 7) is 1.85. The number of ketones is 1. The smallest absolute Gasteiger partial charge is 0.306 e. The van der Waals surface area contributed by atoms with Gasteiger partial charge in [0, 0.05) is 13.5 Å². The summed E-state index contributed by atoms with van der Waals surface area (Å²) >= 11 is 0. The molecule has 0 rings (SSSR count). The Morgan fingerprint density at radius 1 is 0.792 bits per heavy atom. The summed E-state index contributed by atoms with van der Waals surface area (Å²) in [4.78, 5) is 40.5. The fourth-order valence-corrected chi connectivity index (χ4v) is 0.803. The summed E-state index contributed by atoms with van der Waals surface area (Å²) in [5.41, 5.74) is 0. The lowest BCUT2D eigenvalue weighted by atomic mass is 10.2. The van der Waals surface area contributed by atoms with Crippen molar-refractivity contribution in [3.63, 3.8) is 0 Å². The summed E-state index contributed by atoms with van der Waals surface area (Å²) < 4.78 is 9.39. The quantitative estimate of drug-likeness (QED) is 0.295. The summed E-state index contributed by atoms with van der Waals surface area (Å²) in [5.74, 6) is -2.50. The minimum Gasteiger partial charge on any atom is -0.481 e. The largest absolute Gasteiger partial charge is 0.481 e. The zero-order valence-corrected chi connectivity index (χ0v) is 13.9. The number of hydrogen-bond acceptors (Lipinski definition) is 8. The van der Waals surface area contributed by atoms with Crippen LogP contribution >= 0.6 is 0 Å². The summed E-state index contributed by atoms with van der Waals surface area (Å²) in [6.07, 6.45) is -0.171. The normalized spacial score (nSPS) is 8.83. The summed E-state index contributed by atoms with van der Waals surface area (Å²) in [5, 5.41) is 31.0. The highest BCUT2D eigenvalue weighted by Gasteiger charge is 2.03. The molecule has 142 valence electrons. The molecule has 0 aromatic heterocycles. The van der Waals surface area contributed by atoms with E-state index in [1.54, 1.807) is 0 Å². The highest BCUT2D eigenvalue weighted by molar-refractivity contribution is 5.80. The first kappa shape index (κ1) is 26.8. The van der Waals surface area contributed by atoms with E-state index in [2.05, 4.69) is 4.74 Å². The Hall–Kier alpha value is -2.04. The Morgan fingerprint density at radius 2 is 1.25 bits per heavy atom.